The zero-order valence-electron chi connectivity index (χ0n) is 10.8. The van der Waals surface area contributed by atoms with Gasteiger partial charge >= 0.3 is 5.97 Å². The minimum absolute atomic E-state index is 0.0570. The van der Waals surface area contributed by atoms with Crippen LogP contribution < -0.4 is 10.2 Å². The molecule has 104 valence electrons. The molecule has 8 nitrogen and oxygen atoms in total. The number of ether oxygens (including phenoxy) is 1. The van der Waals surface area contributed by atoms with Crippen molar-refractivity contribution in [1.29, 1.82) is 0 Å². The molecule has 2 N–H and O–H groups in total. The summed E-state index contributed by atoms with van der Waals surface area (Å²) in [7, 11) is 3.18. The summed E-state index contributed by atoms with van der Waals surface area (Å²) < 4.78 is 4.81. The van der Waals surface area contributed by atoms with Crippen molar-refractivity contribution in [2.75, 3.05) is 38.8 Å². The number of hydrogen-bond acceptors (Lipinski definition) is 6. The van der Waals surface area contributed by atoms with Gasteiger partial charge < -0.3 is 20.1 Å². The fourth-order valence-corrected chi connectivity index (χ4v) is 1.29. The topological polar surface area (TPSA) is 105 Å². The number of likely N-dealkylation sites (N-methyl/N-ethyl adjacent to an activating group) is 1. The van der Waals surface area contributed by atoms with Gasteiger partial charge in [0, 0.05) is 20.7 Å². The van der Waals surface area contributed by atoms with Crippen LogP contribution in [0.3, 0.4) is 0 Å². The molecule has 1 rings (SSSR count). The Hall–Kier alpha value is -2.22. The van der Waals surface area contributed by atoms with Gasteiger partial charge in [-0.15, -0.1) is 0 Å². The molecular weight excluding hydrogens is 252 g/mol. The first-order chi connectivity index (χ1) is 9.04. The zero-order valence-corrected chi connectivity index (χ0v) is 10.8. The number of amides is 1. The standard InChI is InChI=1S/C11H16N4O4/c1-15(7-10(16)13-3-4-19-2)9-6-12-5-8(14-9)11(17)18/h5-6H,3-4,7H2,1-2H3,(H,13,16)(H,17,18). The molecule has 1 amide bonds. The van der Waals surface area contributed by atoms with E-state index in [1.54, 1.807) is 14.2 Å². The van der Waals surface area contributed by atoms with Crippen molar-refractivity contribution < 1.29 is 19.4 Å². The third-order valence-corrected chi connectivity index (χ3v) is 2.24. The van der Waals surface area contributed by atoms with Crippen LogP contribution in [0.1, 0.15) is 10.5 Å². The van der Waals surface area contributed by atoms with E-state index in [0.29, 0.717) is 19.0 Å². The monoisotopic (exact) mass is 268 g/mol. The van der Waals surface area contributed by atoms with Crippen molar-refractivity contribution in [3.8, 4) is 0 Å². The molecule has 0 saturated heterocycles. The third-order valence-electron chi connectivity index (χ3n) is 2.24. The number of nitrogens with zero attached hydrogens (tertiary/aromatic N) is 3. The summed E-state index contributed by atoms with van der Waals surface area (Å²) in [4.78, 5) is 31.5. The summed E-state index contributed by atoms with van der Waals surface area (Å²) in [5, 5.41) is 11.5. The average Bonchev–Trinajstić information content (AvgIpc) is 2.39. The van der Waals surface area contributed by atoms with Gasteiger partial charge in [-0.05, 0) is 0 Å². The van der Waals surface area contributed by atoms with Gasteiger partial charge in [-0.25, -0.2) is 9.78 Å². The molecule has 0 saturated carbocycles. The Morgan fingerprint density at radius 1 is 1.47 bits per heavy atom. The molecule has 0 aromatic carbocycles. The number of aromatic nitrogens is 2. The van der Waals surface area contributed by atoms with Crippen LogP contribution in [-0.4, -0.2) is 60.8 Å². The molecule has 0 atom stereocenters. The van der Waals surface area contributed by atoms with Gasteiger partial charge in [-0.1, -0.05) is 0 Å². The second kappa shape index (κ2) is 7.27. The maximum absolute atomic E-state index is 11.5. The molecule has 0 aliphatic carbocycles. The highest BCUT2D eigenvalue weighted by atomic mass is 16.5. The van der Waals surface area contributed by atoms with Crippen LogP contribution in [0, 0.1) is 0 Å². The van der Waals surface area contributed by atoms with Gasteiger partial charge in [0.2, 0.25) is 5.91 Å². The molecule has 1 heterocycles. The molecule has 0 bridgehead atoms. The van der Waals surface area contributed by atoms with E-state index in [1.165, 1.54) is 11.1 Å². The number of hydrogen-bond donors (Lipinski definition) is 2. The van der Waals surface area contributed by atoms with Crippen LogP contribution in [0.25, 0.3) is 0 Å². The molecule has 0 unspecified atom stereocenters. The predicted molar refractivity (Wildman–Crippen MR) is 67.1 cm³/mol. The summed E-state index contributed by atoms with van der Waals surface area (Å²) in [5.41, 5.74) is -0.163. The van der Waals surface area contributed by atoms with Crippen molar-refractivity contribution in [2.45, 2.75) is 0 Å². The van der Waals surface area contributed by atoms with Crippen molar-refractivity contribution in [2.24, 2.45) is 0 Å². The maximum Gasteiger partial charge on any atom is 0.356 e. The number of aromatic carboxylic acids is 1. The normalized spacial score (nSPS) is 10.0. The summed E-state index contributed by atoms with van der Waals surface area (Å²) in [5.74, 6) is -1.05. The quantitative estimate of drug-likeness (QED) is 0.634. The average molecular weight is 268 g/mol. The Labute approximate surface area is 110 Å². The van der Waals surface area contributed by atoms with Crippen molar-refractivity contribution in [3.05, 3.63) is 18.1 Å². The van der Waals surface area contributed by atoms with Gasteiger partial charge in [0.05, 0.1) is 25.5 Å². The molecule has 1 aromatic rings. The van der Waals surface area contributed by atoms with Gasteiger partial charge in [-0.3, -0.25) is 9.78 Å². The maximum atomic E-state index is 11.5. The summed E-state index contributed by atoms with van der Waals surface area (Å²) in [6.45, 7) is 0.912. The van der Waals surface area contributed by atoms with Crippen LogP contribution in [0.4, 0.5) is 5.82 Å². The number of nitrogens with one attached hydrogen (secondary N) is 1. The Bertz CT molecular complexity index is 452. The number of carboxylic acid groups (broad SMARTS) is 1. The molecule has 1 aromatic heterocycles. The smallest absolute Gasteiger partial charge is 0.356 e. The minimum atomic E-state index is -1.16. The molecular formula is C11H16N4O4. The molecule has 0 fully saturated rings. The Balaban J connectivity index is 2.57. The number of carboxylic acids is 1. The third kappa shape index (κ3) is 4.88. The molecule has 19 heavy (non-hydrogen) atoms. The second-order valence-electron chi connectivity index (χ2n) is 3.77. The summed E-state index contributed by atoms with van der Waals surface area (Å²) >= 11 is 0. The van der Waals surface area contributed by atoms with E-state index >= 15 is 0 Å². The van der Waals surface area contributed by atoms with Gasteiger partial charge in [0.25, 0.3) is 0 Å². The Morgan fingerprint density at radius 2 is 2.21 bits per heavy atom. The molecule has 0 spiro atoms. The second-order valence-corrected chi connectivity index (χ2v) is 3.77. The lowest BCUT2D eigenvalue weighted by molar-refractivity contribution is -0.119. The van der Waals surface area contributed by atoms with E-state index < -0.39 is 5.97 Å². The fraction of sp³-hybridized carbons (Fsp3) is 0.455. The molecule has 0 radical (unpaired) electrons. The lowest BCUT2D eigenvalue weighted by atomic mass is 10.4. The number of methoxy groups -OCH3 is 1. The van der Waals surface area contributed by atoms with E-state index in [1.807, 2.05) is 0 Å². The van der Waals surface area contributed by atoms with Gasteiger partial charge in [0.1, 0.15) is 5.82 Å². The first-order valence-corrected chi connectivity index (χ1v) is 5.56. The fourth-order valence-electron chi connectivity index (χ4n) is 1.29. The highest BCUT2D eigenvalue weighted by Gasteiger charge is 2.11. The van der Waals surface area contributed by atoms with Crippen LogP contribution in [0.2, 0.25) is 0 Å². The largest absolute Gasteiger partial charge is 0.476 e. The summed E-state index contributed by atoms with van der Waals surface area (Å²) in [6, 6.07) is 0. The highest BCUT2D eigenvalue weighted by Crippen LogP contribution is 2.07. The van der Waals surface area contributed by atoms with Crippen LogP contribution >= 0.6 is 0 Å². The lowest BCUT2D eigenvalue weighted by Gasteiger charge is -2.17. The van der Waals surface area contributed by atoms with Gasteiger partial charge in [0.15, 0.2) is 5.69 Å². The van der Waals surface area contributed by atoms with Crippen LogP contribution in [-0.2, 0) is 9.53 Å². The van der Waals surface area contributed by atoms with Gasteiger partial charge in [-0.2, -0.15) is 0 Å². The SMILES string of the molecule is COCCNC(=O)CN(C)c1cncc(C(=O)O)n1. The van der Waals surface area contributed by atoms with E-state index in [9.17, 15) is 9.59 Å². The summed E-state index contributed by atoms with van der Waals surface area (Å²) in [6.07, 6.45) is 2.55. The first-order valence-electron chi connectivity index (χ1n) is 5.56. The number of carbonyl (C=O) groups excluding carboxylic acids is 1. The van der Waals surface area contributed by atoms with Crippen molar-refractivity contribution >= 4 is 17.7 Å². The zero-order chi connectivity index (χ0) is 14.3. The lowest BCUT2D eigenvalue weighted by Crippen LogP contribution is -2.37. The number of carbonyl (C=O) groups is 2. The van der Waals surface area contributed by atoms with E-state index in [4.69, 9.17) is 9.84 Å². The number of anilines is 1. The van der Waals surface area contributed by atoms with Crippen LogP contribution in [0.15, 0.2) is 12.4 Å². The van der Waals surface area contributed by atoms with Crippen LogP contribution in [0.5, 0.6) is 0 Å². The highest BCUT2D eigenvalue weighted by molar-refractivity contribution is 5.85. The molecule has 8 heteroatoms. The van der Waals surface area contributed by atoms with E-state index in [-0.39, 0.29) is 18.1 Å². The van der Waals surface area contributed by atoms with Crippen molar-refractivity contribution in [3.63, 3.8) is 0 Å². The van der Waals surface area contributed by atoms with Crippen molar-refractivity contribution in [1.82, 2.24) is 15.3 Å². The van der Waals surface area contributed by atoms with E-state index in [0.717, 1.165) is 6.20 Å². The van der Waals surface area contributed by atoms with E-state index in [2.05, 4.69) is 15.3 Å². The predicted octanol–water partition coefficient (Wildman–Crippen LogP) is -0.626. The Morgan fingerprint density at radius 3 is 2.84 bits per heavy atom. The minimum Gasteiger partial charge on any atom is -0.476 e. The molecule has 0 aliphatic heterocycles. The first kappa shape index (κ1) is 14.8. The Kier molecular flexibility index (Phi) is 5.68. The molecule has 0 aliphatic rings. The number of rotatable bonds is 7.